The summed E-state index contributed by atoms with van der Waals surface area (Å²) in [6.07, 6.45) is 5.44. The Morgan fingerprint density at radius 3 is 2.95 bits per heavy atom. The second-order valence-electron chi connectivity index (χ2n) is 5.31. The molecule has 0 aromatic carbocycles. The zero-order chi connectivity index (χ0) is 14.8. The first-order valence-electron chi connectivity index (χ1n) is 6.89. The molecule has 0 radical (unpaired) electrons. The van der Waals surface area contributed by atoms with Crippen LogP contribution < -0.4 is 5.56 Å². The molecule has 1 amide bonds. The highest BCUT2D eigenvalue weighted by molar-refractivity contribution is 5.92. The van der Waals surface area contributed by atoms with Crippen LogP contribution in [0.5, 0.6) is 0 Å². The minimum absolute atomic E-state index is 0.201. The third-order valence-corrected chi connectivity index (χ3v) is 3.43. The van der Waals surface area contributed by atoms with E-state index in [1.54, 1.807) is 19.4 Å². The van der Waals surface area contributed by atoms with Crippen LogP contribution in [0, 0.1) is 0 Å². The zero-order valence-electron chi connectivity index (χ0n) is 11.7. The maximum Gasteiger partial charge on any atom is 0.272 e. The van der Waals surface area contributed by atoms with E-state index in [4.69, 9.17) is 0 Å². The summed E-state index contributed by atoms with van der Waals surface area (Å²) < 4.78 is 0. The molecule has 0 unspecified atom stereocenters. The largest absolute Gasteiger partial charge is 0.336 e. The lowest BCUT2D eigenvalue weighted by Crippen LogP contribution is -2.29. The van der Waals surface area contributed by atoms with Crippen LogP contribution in [-0.2, 0) is 6.54 Å². The van der Waals surface area contributed by atoms with Gasteiger partial charge in [0, 0.05) is 38.0 Å². The molecule has 6 nitrogen and oxygen atoms in total. The predicted octanol–water partition coefficient (Wildman–Crippen LogP) is 1.31. The van der Waals surface area contributed by atoms with Gasteiger partial charge in [0.1, 0.15) is 11.5 Å². The van der Waals surface area contributed by atoms with Crippen molar-refractivity contribution in [2.24, 2.45) is 0 Å². The second-order valence-corrected chi connectivity index (χ2v) is 5.31. The number of pyridine rings is 1. The Morgan fingerprint density at radius 1 is 1.48 bits per heavy atom. The summed E-state index contributed by atoms with van der Waals surface area (Å²) in [6, 6.07) is 4.98. The van der Waals surface area contributed by atoms with Gasteiger partial charge in [-0.05, 0) is 24.5 Å². The van der Waals surface area contributed by atoms with Crippen LogP contribution in [0.15, 0.2) is 35.4 Å². The maximum atomic E-state index is 12.4. The highest BCUT2D eigenvalue weighted by Crippen LogP contribution is 2.37. The Hall–Kier alpha value is -2.50. The van der Waals surface area contributed by atoms with E-state index in [1.165, 1.54) is 11.0 Å². The first-order valence-corrected chi connectivity index (χ1v) is 6.89. The Kier molecular flexibility index (Phi) is 3.51. The summed E-state index contributed by atoms with van der Waals surface area (Å²) in [5, 5.41) is 0. The van der Waals surface area contributed by atoms with E-state index >= 15 is 0 Å². The number of carbonyl (C=O) groups is 1. The van der Waals surface area contributed by atoms with Crippen molar-refractivity contribution in [1.29, 1.82) is 0 Å². The molecule has 1 saturated carbocycles. The normalized spacial score (nSPS) is 14.0. The lowest BCUT2D eigenvalue weighted by molar-refractivity contribution is 0.0778. The summed E-state index contributed by atoms with van der Waals surface area (Å²) in [5.41, 5.74) is 0.859. The minimum Gasteiger partial charge on any atom is -0.336 e. The van der Waals surface area contributed by atoms with Gasteiger partial charge in [0.2, 0.25) is 0 Å². The zero-order valence-corrected chi connectivity index (χ0v) is 11.7. The van der Waals surface area contributed by atoms with Crippen molar-refractivity contribution in [2.45, 2.75) is 25.3 Å². The van der Waals surface area contributed by atoms with Crippen LogP contribution in [0.1, 0.15) is 40.6 Å². The van der Waals surface area contributed by atoms with Crippen LogP contribution in [-0.4, -0.2) is 32.8 Å². The van der Waals surface area contributed by atoms with Gasteiger partial charge in [-0.25, -0.2) is 4.98 Å². The van der Waals surface area contributed by atoms with Gasteiger partial charge >= 0.3 is 0 Å². The van der Waals surface area contributed by atoms with E-state index in [0.717, 1.165) is 18.4 Å². The van der Waals surface area contributed by atoms with Crippen LogP contribution in [0.4, 0.5) is 0 Å². The molecule has 0 saturated heterocycles. The Labute approximate surface area is 121 Å². The lowest BCUT2D eigenvalue weighted by atomic mass is 10.2. The smallest absolute Gasteiger partial charge is 0.272 e. The average molecular weight is 284 g/mol. The number of hydrogen-bond acceptors (Lipinski definition) is 4. The number of nitrogens with one attached hydrogen (secondary N) is 1. The van der Waals surface area contributed by atoms with Crippen molar-refractivity contribution in [1.82, 2.24) is 19.9 Å². The van der Waals surface area contributed by atoms with Gasteiger partial charge in [-0.1, -0.05) is 6.07 Å². The molecule has 0 spiro atoms. The van der Waals surface area contributed by atoms with Crippen LogP contribution in [0.3, 0.4) is 0 Å². The SMILES string of the molecule is CN(Cc1cccnc1)C(=O)c1cc(=O)[nH]c(C2CC2)n1. The van der Waals surface area contributed by atoms with E-state index in [0.29, 0.717) is 18.3 Å². The standard InChI is InChI=1S/C15H16N4O2/c1-19(9-10-3-2-6-16-8-10)15(21)12-7-13(20)18-14(17-12)11-4-5-11/h2-3,6-8,11H,4-5,9H2,1H3,(H,17,18,20). The van der Waals surface area contributed by atoms with Gasteiger partial charge in [0.25, 0.3) is 11.5 Å². The van der Waals surface area contributed by atoms with E-state index in [1.807, 2.05) is 12.1 Å². The molecule has 21 heavy (non-hydrogen) atoms. The average Bonchev–Trinajstić information content (AvgIpc) is 3.31. The molecular weight excluding hydrogens is 268 g/mol. The molecule has 1 N–H and O–H groups in total. The van der Waals surface area contributed by atoms with Gasteiger partial charge in [-0.2, -0.15) is 0 Å². The molecule has 0 atom stereocenters. The molecule has 2 aromatic rings. The van der Waals surface area contributed by atoms with Crippen molar-refractivity contribution in [3.8, 4) is 0 Å². The van der Waals surface area contributed by atoms with Crippen LogP contribution in [0.25, 0.3) is 0 Å². The minimum atomic E-state index is -0.273. The van der Waals surface area contributed by atoms with Crippen molar-refractivity contribution >= 4 is 5.91 Å². The van der Waals surface area contributed by atoms with Crippen molar-refractivity contribution in [3.05, 3.63) is 58.0 Å². The third-order valence-electron chi connectivity index (χ3n) is 3.43. The Morgan fingerprint density at radius 2 is 2.29 bits per heavy atom. The van der Waals surface area contributed by atoms with E-state index < -0.39 is 0 Å². The molecule has 1 aliphatic carbocycles. The fourth-order valence-corrected chi connectivity index (χ4v) is 2.17. The number of amides is 1. The van der Waals surface area contributed by atoms with Gasteiger partial charge in [-0.3, -0.25) is 14.6 Å². The number of aromatic amines is 1. The second kappa shape index (κ2) is 5.47. The van der Waals surface area contributed by atoms with Gasteiger partial charge < -0.3 is 9.88 Å². The molecule has 1 aliphatic rings. The van der Waals surface area contributed by atoms with Gasteiger partial charge in [-0.15, -0.1) is 0 Å². The first-order chi connectivity index (χ1) is 10.1. The number of rotatable bonds is 4. The number of hydrogen-bond donors (Lipinski definition) is 1. The van der Waals surface area contributed by atoms with Crippen molar-refractivity contribution in [3.63, 3.8) is 0 Å². The lowest BCUT2D eigenvalue weighted by Gasteiger charge is -2.16. The fourth-order valence-electron chi connectivity index (χ4n) is 2.17. The fraction of sp³-hybridized carbons (Fsp3) is 0.333. The predicted molar refractivity (Wildman–Crippen MR) is 76.9 cm³/mol. The van der Waals surface area contributed by atoms with E-state index in [2.05, 4.69) is 15.0 Å². The molecule has 108 valence electrons. The van der Waals surface area contributed by atoms with Crippen molar-refractivity contribution < 1.29 is 4.79 Å². The summed E-state index contributed by atoms with van der Waals surface area (Å²) in [6.45, 7) is 0.430. The molecule has 2 heterocycles. The number of aromatic nitrogens is 3. The molecule has 3 rings (SSSR count). The Balaban J connectivity index is 1.79. The summed E-state index contributed by atoms with van der Waals surface area (Å²) in [5.74, 6) is 0.668. The summed E-state index contributed by atoms with van der Waals surface area (Å²) >= 11 is 0. The molecule has 0 aliphatic heterocycles. The number of H-pyrrole nitrogens is 1. The van der Waals surface area contributed by atoms with Gasteiger partial charge in [0.15, 0.2) is 0 Å². The van der Waals surface area contributed by atoms with Crippen LogP contribution in [0.2, 0.25) is 0 Å². The van der Waals surface area contributed by atoms with E-state index in [9.17, 15) is 9.59 Å². The van der Waals surface area contributed by atoms with E-state index in [-0.39, 0.29) is 17.2 Å². The molecule has 6 heteroatoms. The number of carbonyl (C=O) groups excluding carboxylic acids is 1. The third kappa shape index (κ3) is 3.16. The summed E-state index contributed by atoms with van der Waals surface area (Å²) in [4.78, 5) is 36.6. The van der Waals surface area contributed by atoms with Gasteiger partial charge in [0.05, 0.1) is 0 Å². The molecule has 0 bridgehead atoms. The number of nitrogens with zero attached hydrogens (tertiary/aromatic N) is 3. The molecular formula is C15H16N4O2. The first kappa shape index (κ1) is 13.5. The maximum absolute atomic E-state index is 12.4. The summed E-state index contributed by atoms with van der Waals surface area (Å²) in [7, 11) is 1.69. The monoisotopic (exact) mass is 284 g/mol. The molecule has 1 fully saturated rings. The topological polar surface area (TPSA) is 79.0 Å². The molecule has 2 aromatic heterocycles. The highest BCUT2D eigenvalue weighted by atomic mass is 16.2. The Bertz CT molecular complexity index is 707. The van der Waals surface area contributed by atoms with Crippen molar-refractivity contribution in [2.75, 3.05) is 7.05 Å². The quantitative estimate of drug-likeness (QED) is 0.918. The van der Waals surface area contributed by atoms with Crippen LogP contribution >= 0.6 is 0 Å². The highest BCUT2D eigenvalue weighted by Gasteiger charge is 2.27.